The summed E-state index contributed by atoms with van der Waals surface area (Å²) in [4.78, 5) is 17.3. The van der Waals surface area contributed by atoms with Crippen LogP contribution >= 0.6 is 11.3 Å². The second-order valence-electron chi connectivity index (χ2n) is 5.86. The van der Waals surface area contributed by atoms with E-state index in [-0.39, 0.29) is 5.56 Å². The molecular weight excluding hydrogens is 339 g/mol. The van der Waals surface area contributed by atoms with Gasteiger partial charge in [-0.1, -0.05) is 17.4 Å². The number of aromatic nitrogens is 1. The molecule has 0 aliphatic rings. The monoisotopic (exact) mass is 358 g/mol. The maximum Gasteiger partial charge on any atom is 0.279 e. The molecule has 1 heterocycles. The number of nitrogens with zero attached hydrogens (tertiary/aromatic N) is 2. The maximum absolute atomic E-state index is 13.4. The van der Waals surface area contributed by atoms with E-state index in [0.29, 0.717) is 18.0 Å². The smallest absolute Gasteiger partial charge is 0.279 e. The third kappa shape index (κ3) is 3.70. The van der Waals surface area contributed by atoms with Crippen molar-refractivity contribution < 1.29 is 13.9 Å². The minimum Gasteiger partial charge on any atom is -0.383 e. The predicted octanol–water partition coefficient (Wildman–Crippen LogP) is 3.85. The van der Waals surface area contributed by atoms with Gasteiger partial charge in [-0.2, -0.15) is 4.99 Å². The van der Waals surface area contributed by atoms with E-state index >= 15 is 0 Å². The molecule has 1 aromatic heterocycles. The number of halogens is 1. The highest BCUT2D eigenvalue weighted by atomic mass is 32.1. The molecule has 0 aliphatic carbocycles. The standard InChI is InChI=1S/C19H19FN2O2S/c1-12-9-16-17(10-13(12)2)25-19(22(16)7-8-24-3)21-18(23)14-5-4-6-15(20)11-14/h4-6,9-11H,7-8H2,1-3H3. The minimum atomic E-state index is -0.453. The summed E-state index contributed by atoms with van der Waals surface area (Å²) in [5.74, 6) is -0.901. The summed E-state index contributed by atoms with van der Waals surface area (Å²) in [6.45, 7) is 5.22. The first-order valence-corrected chi connectivity index (χ1v) is 8.75. The molecule has 0 radical (unpaired) electrons. The third-order valence-corrected chi connectivity index (χ3v) is 5.13. The van der Waals surface area contributed by atoms with Gasteiger partial charge in [0.25, 0.3) is 5.91 Å². The van der Waals surface area contributed by atoms with Crippen LogP contribution in [-0.4, -0.2) is 24.2 Å². The van der Waals surface area contributed by atoms with Crippen LogP contribution in [0.25, 0.3) is 10.2 Å². The molecular formula is C19H19FN2O2S. The molecule has 0 unspecified atom stereocenters. The quantitative estimate of drug-likeness (QED) is 0.711. The van der Waals surface area contributed by atoms with E-state index in [1.54, 1.807) is 13.2 Å². The zero-order chi connectivity index (χ0) is 18.0. The Hall–Kier alpha value is -2.31. The number of amides is 1. The van der Waals surface area contributed by atoms with Gasteiger partial charge in [0, 0.05) is 19.2 Å². The molecule has 4 nitrogen and oxygen atoms in total. The molecule has 0 fully saturated rings. The molecule has 0 bridgehead atoms. The van der Waals surface area contributed by atoms with E-state index in [1.165, 1.54) is 40.7 Å². The van der Waals surface area contributed by atoms with Crippen LogP contribution in [0.3, 0.4) is 0 Å². The van der Waals surface area contributed by atoms with Gasteiger partial charge < -0.3 is 9.30 Å². The number of hydrogen-bond donors (Lipinski definition) is 0. The SMILES string of the molecule is COCCn1c(=NC(=O)c2cccc(F)c2)sc2cc(C)c(C)cc21. The Bertz CT molecular complexity index is 1000. The zero-order valence-electron chi connectivity index (χ0n) is 14.4. The highest BCUT2D eigenvalue weighted by molar-refractivity contribution is 7.16. The Morgan fingerprint density at radius 3 is 2.72 bits per heavy atom. The molecule has 3 aromatic rings. The number of rotatable bonds is 4. The Morgan fingerprint density at radius 1 is 1.24 bits per heavy atom. The van der Waals surface area contributed by atoms with Gasteiger partial charge in [-0.05, 0) is 55.3 Å². The molecule has 0 saturated heterocycles. The lowest BCUT2D eigenvalue weighted by atomic mass is 10.1. The van der Waals surface area contributed by atoms with Crippen LogP contribution in [0.4, 0.5) is 4.39 Å². The fourth-order valence-electron chi connectivity index (χ4n) is 2.58. The predicted molar refractivity (Wildman–Crippen MR) is 97.5 cm³/mol. The number of methoxy groups -OCH3 is 1. The summed E-state index contributed by atoms with van der Waals surface area (Å²) in [6.07, 6.45) is 0. The normalized spacial score (nSPS) is 12.1. The molecule has 2 aromatic carbocycles. The molecule has 25 heavy (non-hydrogen) atoms. The van der Waals surface area contributed by atoms with Crippen molar-refractivity contribution in [3.63, 3.8) is 0 Å². The topological polar surface area (TPSA) is 43.6 Å². The molecule has 0 N–H and O–H groups in total. The number of aryl methyl sites for hydroxylation is 2. The van der Waals surface area contributed by atoms with E-state index in [2.05, 4.69) is 31.0 Å². The summed E-state index contributed by atoms with van der Waals surface area (Å²) in [6, 6.07) is 9.78. The van der Waals surface area contributed by atoms with Crippen LogP contribution < -0.4 is 4.80 Å². The summed E-state index contributed by atoms with van der Waals surface area (Å²) < 4.78 is 21.6. The van der Waals surface area contributed by atoms with Crippen molar-refractivity contribution in [2.24, 2.45) is 4.99 Å². The van der Waals surface area contributed by atoms with Crippen molar-refractivity contribution in [2.75, 3.05) is 13.7 Å². The van der Waals surface area contributed by atoms with Crippen LogP contribution in [0.1, 0.15) is 21.5 Å². The second-order valence-corrected chi connectivity index (χ2v) is 6.87. The molecule has 0 atom stereocenters. The summed E-state index contributed by atoms with van der Waals surface area (Å²) in [5, 5.41) is 0. The lowest BCUT2D eigenvalue weighted by Gasteiger charge is -2.06. The number of fused-ring (bicyclic) bond motifs is 1. The highest BCUT2D eigenvalue weighted by Crippen LogP contribution is 2.22. The van der Waals surface area contributed by atoms with Gasteiger partial charge in [-0.3, -0.25) is 4.79 Å². The van der Waals surface area contributed by atoms with Crippen molar-refractivity contribution in [3.05, 3.63) is 63.7 Å². The van der Waals surface area contributed by atoms with Crippen LogP contribution in [0, 0.1) is 19.7 Å². The number of carbonyl (C=O) groups excluding carboxylic acids is 1. The molecule has 6 heteroatoms. The van der Waals surface area contributed by atoms with Gasteiger partial charge >= 0.3 is 0 Å². The summed E-state index contributed by atoms with van der Waals surface area (Å²) in [7, 11) is 1.64. The minimum absolute atomic E-state index is 0.239. The van der Waals surface area contributed by atoms with E-state index in [4.69, 9.17) is 4.74 Å². The van der Waals surface area contributed by atoms with Crippen LogP contribution in [-0.2, 0) is 11.3 Å². The number of ether oxygens (including phenoxy) is 1. The first-order chi connectivity index (χ1) is 12.0. The largest absolute Gasteiger partial charge is 0.383 e. The average Bonchev–Trinajstić information content (AvgIpc) is 2.89. The van der Waals surface area contributed by atoms with Gasteiger partial charge in [-0.25, -0.2) is 4.39 Å². The summed E-state index contributed by atoms with van der Waals surface area (Å²) >= 11 is 1.45. The van der Waals surface area contributed by atoms with Crippen LogP contribution in [0.15, 0.2) is 41.4 Å². The van der Waals surface area contributed by atoms with Gasteiger partial charge in [-0.15, -0.1) is 0 Å². The molecule has 0 spiro atoms. The van der Waals surface area contributed by atoms with Gasteiger partial charge in [0.15, 0.2) is 4.80 Å². The average molecular weight is 358 g/mol. The van der Waals surface area contributed by atoms with E-state index in [9.17, 15) is 9.18 Å². The maximum atomic E-state index is 13.4. The molecule has 3 rings (SSSR count). The fourth-order valence-corrected chi connectivity index (χ4v) is 3.71. The lowest BCUT2D eigenvalue weighted by molar-refractivity contribution is 0.0997. The van der Waals surface area contributed by atoms with Crippen molar-refractivity contribution >= 4 is 27.5 Å². The molecule has 0 saturated carbocycles. The summed E-state index contributed by atoms with van der Waals surface area (Å²) in [5.41, 5.74) is 3.63. The zero-order valence-corrected chi connectivity index (χ0v) is 15.2. The van der Waals surface area contributed by atoms with Crippen LogP contribution in [0.5, 0.6) is 0 Å². The van der Waals surface area contributed by atoms with E-state index in [0.717, 1.165) is 10.2 Å². The first-order valence-electron chi connectivity index (χ1n) is 7.94. The lowest BCUT2D eigenvalue weighted by Crippen LogP contribution is -2.19. The third-order valence-electron chi connectivity index (χ3n) is 4.09. The van der Waals surface area contributed by atoms with E-state index in [1.807, 2.05) is 4.57 Å². The highest BCUT2D eigenvalue weighted by Gasteiger charge is 2.11. The Balaban J connectivity index is 2.15. The molecule has 0 aliphatic heterocycles. The van der Waals surface area contributed by atoms with E-state index < -0.39 is 11.7 Å². The number of hydrogen-bond acceptors (Lipinski definition) is 3. The van der Waals surface area contributed by atoms with Crippen molar-refractivity contribution in [1.82, 2.24) is 4.57 Å². The number of carbonyl (C=O) groups is 1. The van der Waals surface area contributed by atoms with Crippen molar-refractivity contribution in [2.45, 2.75) is 20.4 Å². The Labute approximate surface area is 149 Å². The van der Waals surface area contributed by atoms with Crippen LogP contribution in [0.2, 0.25) is 0 Å². The van der Waals surface area contributed by atoms with Crippen molar-refractivity contribution in [3.8, 4) is 0 Å². The first kappa shape index (κ1) is 17.5. The fraction of sp³-hybridized carbons (Fsp3) is 0.263. The molecule has 1 amide bonds. The van der Waals surface area contributed by atoms with Crippen molar-refractivity contribution in [1.29, 1.82) is 0 Å². The Morgan fingerprint density at radius 2 is 2.00 bits per heavy atom. The van der Waals surface area contributed by atoms with Gasteiger partial charge in [0.05, 0.1) is 16.8 Å². The number of thiazole rings is 1. The molecule has 130 valence electrons. The van der Waals surface area contributed by atoms with Gasteiger partial charge in [0.2, 0.25) is 0 Å². The van der Waals surface area contributed by atoms with Gasteiger partial charge in [0.1, 0.15) is 5.82 Å². The second kappa shape index (κ2) is 7.29. The Kier molecular flexibility index (Phi) is 5.11. The number of benzene rings is 2.